The second kappa shape index (κ2) is 10.7. The number of hydrogen-bond acceptors (Lipinski definition) is 8. The number of aryl methyl sites for hydroxylation is 2. The lowest BCUT2D eigenvalue weighted by Gasteiger charge is -2.04. The second-order valence-corrected chi connectivity index (χ2v) is 12.9. The highest BCUT2D eigenvalue weighted by Gasteiger charge is 2.15. The molecule has 0 aliphatic heterocycles. The lowest BCUT2D eigenvalue weighted by molar-refractivity contribution is 0.583. The summed E-state index contributed by atoms with van der Waals surface area (Å²) in [6, 6.07) is 16.7. The Morgan fingerprint density at radius 3 is 1.33 bits per heavy atom. The molecular formula is C24H22N4O4S4. The molecule has 2 aromatic heterocycles. The largest absolute Gasteiger partial charge is 0.276 e. The van der Waals surface area contributed by atoms with E-state index in [1.165, 1.54) is 59.4 Å². The van der Waals surface area contributed by atoms with Gasteiger partial charge in [-0.15, -0.1) is 22.7 Å². The van der Waals surface area contributed by atoms with Crippen molar-refractivity contribution in [3.8, 4) is 11.1 Å². The molecule has 0 atom stereocenters. The predicted octanol–water partition coefficient (Wildman–Crippen LogP) is 4.72. The molecule has 12 heteroatoms. The molecule has 0 radical (unpaired) electrons. The highest BCUT2D eigenvalue weighted by atomic mass is 32.2. The number of hydrogen-bond donors (Lipinski definition) is 2. The van der Waals surface area contributed by atoms with Gasteiger partial charge in [-0.3, -0.25) is 0 Å². The smallest absolute Gasteiger partial charge is 0.200 e. The maximum atomic E-state index is 12.5. The van der Waals surface area contributed by atoms with Gasteiger partial charge in [0.25, 0.3) is 20.0 Å². The van der Waals surface area contributed by atoms with Crippen LogP contribution < -0.4 is 9.66 Å². The molecule has 0 aliphatic carbocycles. The summed E-state index contributed by atoms with van der Waals surface area (Å²) < 4.78 is 49.9. The summed E-state index contributed by atoms with van der Waals surface area (Å²) in [5.74, 6) is 0. The van der Waals surface area contributed by atoms with Crippen molar-refractivity contribution in [2.75, 3.05) is 0 Å². The van der Waals surface area contributed by atoms with E-state index < -0.39 is 20.0 Å². The van der Waals surface area contributed by atoms with Crippen molar-refractivity contribution in [3.63, 3.8) is 0 Å². The molecule has 186 valence electrons. The zero-order valence-corrected chi connectivity index (χ0v) is 22.5. The van der Waals surface area contributed by atoms with Crippen LogP contribution in [0.5, 0.6) is 0 Å². The van der Waals surface area contributed by atoms with Gasteiger partial charge in [-0.25, -0.2) is 9.66 Å². The fourth-order valence-electron chi connectivity index (χ4n) is 3.14. The van der Waals surface area contributed by atoms with Crippen LogP contribution in [-0.4, -0.2) is 29.3 Å². The molecule has 0 fully saturated rings. The Labute approximate surface area is 218 Å². The van der Waals surface area contributed by atoms with E-state index in [-0.39, 0.29) is 9.79 Å². The molecular weight excluding hydrogens is 537 g/mol. The normalized spacial score (nSPS) is 12.4. The summed E-state index contributed by atoms with van der Waals surface area (Å²) in [5.41, 5.74) is 3.56. The summed E-state index contributed by atoms with van der Waals surface area (Å²) in [6.45, 7) is 3.76. The Morgan fingerprint density at radius 2 is 0.972 bits per heavy atom. The van der Waals surface area contributed by atoms with Crippen LogP contribution in [0.25, 0.3) is 11.1 Å². The zero-order valence-electron chi connectivity index (χ0n) is 19.2. The first-order chi connectivity index (χ1) is 17.2. The van der Waals surface area contributed by atoms with Crippen LogP contribution in [0.1, 0.15) is 20.9 Å². The maximum Gasteiger partial charge on any atom is 0.276 e. The molecule has 0 saturated carbocycles. The van der Waals surface area contributed by atoms with Crippen molar-refractivity contribution in [2.24, 2.45) is 10.2 Å². The SMILES string of the molecule is Cc1ccc(S(=O)(=O)N/N=C/c2sccc2-c2ccsc2/C=N/NS(=O)(=O)c2ccc(C)cc2)cc1. The third kappa shape index (κ3) is 6.08. The topological polar surface area (TPSA) is 117 Å². The molecule has 0 saturated heterocycles. The fourth-order valence-corrected chi connectivity index (χ4v) is 6.26. The molecule has 0 amide bonds. The first kappa shape index (κ1) is 25.8. The number of rotatable bonds is 9. The highest BCUT2D eigenvalue weighted by Crippen LogP contribution is 2.32. The number of nitrogens with zero attached hydrogens (tertiary/aromatic N) is 2. The van der Waals surface area contributed by atoms with Gasteiger partial charge in [0.2, 0.25) is 0 Å². The first-order valence-corrected chi connectivity index (χ1v) is 15.3. The standard InChI is InChI=1S/C24H22N4O4S4/c1-17-3-7-19(8-4-17)35(29,30)27-25-15-23-21(11-13-33-23)22-12-14-34-24(22)16-26-28-36(31,32)20-9-5-18(2)6-10-20/h3-16,27-28H,1-2H3/b25-15+,26-16+. The average Bonchev–Trinajstić information content (AvgIpc) is 3.48. The molecule has 4 aromatic rings. The third-order valence-electron chi connectivity index (χ3n) is 5.05. The molecule has 8 nitrogen and oxygen atoms in total. The van der Waals surface area contributed by atoms with Gasteiger partial charge in [0.1, 0.15) is 0 Å². The van der Waals surface area contributed by atoms with Gasteiger partial charge in [0.15, 0.2) is 0 Å². The van der Waals surface area contributed by atoms with Gasteiger partial charge < -0.3 is 0 Å². The lowest BCUT2D eigenvalue weighted by Crippen LogP contribution is -2.18. The monoisotopic (exact) mass is 558 g/mol. The van der Waals surface area contributed by atoms with Crippen molar-refractivity contribution in [1.82, 2.24) is 9.66 Å². The second-order valence-electron chi connectivity index (χ2n) is 7.73. The Bertz CT molecular complexity index is 1490. The van der Waals surface area contributed by atoms with Gasteiger partial charge >= 0.3 is 0 Å². The quantitative estimate of drug-likeness (QED) is 0.228. The van der Waals surface area contributed by atoms with Crippen LogP contribution in [0.2, 0.25) is 0 Å². The minimum atomic E-state index is -3.78. The molecule has 2 N–H and O–H groups in total. The number of hydrazone groups is 2. The van der Waals surface area contributed by atoms with Crippen molar-refractivity contribution in [3.05, 3.63) is 92.3 Å². The molecule has 36 heavy (non-hydrogen) atoms. The molecule has 4 rings (SSSR count). The van der Waals surface area contributed by atoms with Crippen molar-refractivity contribution in [2.45, 2.75) is 23.6 Å². The molecule has 0 aliphatic rings. The van der Waals surface area contributed by atoms with Gasteiger partial charge in [0.05, 0.1) is 32.0 Å². The first-order valence-electron chi connectivity index (χ1n) is 10.5. The van der Waals surface area contributed by atoms with E-state index in [0.717, 1.165) is 32.0 Å². The molecule has 0 unspecified atom stereocenters. The minimum Gasteiger partial charge on any atom is -0.200 e. The van der Waals surface area contributed by atoms with Crippen LogP contribution in [0, 0.1) is 13.8 Å². The number of sulfonamides is 2. The number of nitrogens with one attached hydrogen (secondary N) is 2. The highest BCUT2D eigenvalue weighted by molar-refractivity contribution is 7.89. The van der Waals surface area contributed by atoms with E-state index in [2.05, 4.69) is 19.9 Å². The van der Waals surface area contributed by atoms with Gasteiger partial charge in [-0.05, 0) is 61.0 Å². The van der Waals surface area contributed by atoms with Crippen molar-refractivity contribution in [1.29, 1.82) is 0 Å². The Morgan fingerprint density at radius 1 is 0.611 bits per heavy atom. The Hall–Kier alpha value is -3.32. The van der Waals surface area contributed by atoms with Crippen LogP contribution in [0.15, 0.2) is 91.4 Å². The molecule has 2 aromatic carbocycles. The molecule has 2 heterocycles. The van der Waals surface area contributed by atoms with Gasteiger partial charge in [0, 0.05) is 11.1 Å². The Balaban J connectivity index is 1.48. The molecule has 0 bridgehead atoms. The van der Waals surface area contributed by atoms with Gasteiger partial charge in [-0.2, -0.15) is 27.0 Å². The van der Waals surface area contributed by atoms with Crippen LogP contribution in [0.4, 0.5) is 0 Å². The fraction of sp³-hybridized carbons (Fsp3) is 0.0833. The van der Waals surface area contributed by atoms with Crippen LogP contribution in [0.3, 0.4) is 0 Å². The minimum absolute atomic E-state index is 0.126. The number of thiophene rings is 2. The summed E-state index contributed by atoms with van der Waals surface area (Å²) in [4.78, 5) is 6.19. The summed E-state index contributed by atoms with van der Waals surface area (Å²) in [6.07, 6.45) is 2.90. The van der Waals surface area contributed by atoms with E-state index in [9.17, 15) is 16.8 Å². The lowest BCUT2D eigenvalue weighted by atomic mass is 10.1. The summed E-state index contributed by atoms with van der Waals surface area (Å²) in [5, 5.41) is 11.6. The summed E-state index contributed by atoms with van der Waals surface area (Å²) >= 11 is 2.79. The third-order valence-corrected chi connectivity index (χ3v) is 9.23. The van der Waals surface area contributed by atoms with E-state index in [1.807, 2.05) is 36.7 Å². The van der Waals surface area contributed by atoms with Crippen molar-refractivity contribution < 1.29 is 16.8 Å². The summed E-state index contributed by atoms with van der Waals surface area (Å²) in [7, 11) is -7.57. The van der Waals surface area contributed by atoms with Crippen LogP contribution in [-0.2, 0) is 20.0 Å². The van der Waals surface area contributed by atoms with E-state index >= 15 is 0 Å². The van der Waals surface area contributed by atoms with Crippen LogP contribution >= 0.6 is 22.7 Å². The maximum absolute atomic E-state index is 12.5. The van der Waals surface area contributed by atoms with E-state index in [0.29, 0.717) is 0 Å². The van der Waals surface area contributed by atoms with E-state index in [1.54, 1.807) is 24.3 Å². The van der Waals surface area contributed by atoms with E-state index in [4.69, 9.17) is 0 Å². The van der Waals surface area contributed by atoms with Gasteiger partial charge in [-0.1, -0.05) is 35.4 Å². The average molecular weight is 559 g/mol. The Kier molecular flexibility index (Phi) is 7.69. The zero-order chi connectivity index (χ0) is 25.8. The number of benzene rings is 2. The predicted molar refractivity (Wildman–Crippen MR) is 146 cm³/mol. The molecule has 0 spiro atoms. The van der Waals surface area contributed by atoms with Crippen molar-refractivity contribution >= 4 is 55.1 Å².